The Hall–Kier alpha value is -1.25. The zero-order valence-electron chi connectivity index (χ0n) is 13.7. The monoisotopic (exact) mass is 422 g/mol. The molecule has 126 valence electrons. The average Bonchev–Trinajstić information content (AvgIpc) is 2.97. The van der Waals surface area contributed by atoms with Gasteiger partial charge in [-0.1, -0.05) is 0 Å². The molecule has 3 N–H and O–H groups in total. The van der Waals surface area contributed by atoms with Crippen LogP contribution in [0.2, 0.25) is 0 Å². The summed E-state index contributed by atoms with van der Waals surface area (Å²) in [4.78, 5) is 16.2. The SMILES string of the molecule is CCNC(=NCC(C)(C)C(=O)NC)NCCc1ccco1.I. The summed E-state index contributed by atoms with van der Waals surface area (Å²) in [6, 6.07) is 3.82. The predicted molar refractivity (Wildman–Crippen MR) is 99.7 cm³/mol. The van der Waals surface area contributed by atoms with E-state index < -0.39 is 5.41 Å². The van der Waals surface area contributed by atoms with Crippen molar-refractivity contribution in [1.82, 2.24) is 16.0 Å². The summed E-state index contributed by atoms with van der Waals surface area (Å²) in [7, 11) is 1.64. The highest BCUT2D eigenvalue weighted by atomic mass is 127. The van der Waals surface area contributed by atoms with Crippen molar-refractivity contribution in [1.29, 1.82) is 0 Å². The van der Waals surface area contributed by atoms with Crippen molar-refractivity contribution in [2.45, 2.75) is 27.2 Å². The van der Waals surface area contributed by atoms with E-state index in [1.54, 1.807) is 13.3 Å². The van der Waals surface area contributed by atoms with Gasteiger partial charge in [0.15, 0.2) is 5.96 Å². The van der Waals surface area contributed by atoms with E-state index in [0.717, 1.165) is 25.3 Å². The zero-order chi connectivity index (χ0) is 15.7. The smallest absolute Gasteiger partial charge is 0.227 e. The molecule has 0 aliphatic rings. The minimum absolute atomic E-state index is 0. The first-order valence-electron chi connectivity index (χ1n) is 7.26. The maximum absolute atomic E-state index is 11.7. The second-order valence-corrected chi connectivity index (χ2v) is 5.41. The molecular weight excluding hydrogens is 395 g/mol. The van der Waals surface area contributed by atoms with Gasteiger partial charge in [0.1, 0.15) is 5.76 Å². The molecular formula is C15H27IN4O2. The number of guanidine groups is 1. The van der Waals surface area contributed by atoms with E-state index in [9.17, 15) is 4.79 Å². The molecule has 0 fully saturated rings. The van der Waals surface area contributed by atoms with Gasteiger partial charge in [-0.3, -0.25) is 9.79 Å². The van der Waals surface area contributed by atoms with Crippen LogP contribution in [0.25, 0.3) is 0 Å². The quantitative estimate of drug-likeness (QED) is 0.356. The highest BCUT2D eigenvalue weighted by molar-refractivity contribution is 14.0. The van der Waals surface area contributed by atoms with Crippen LogP contribution in [0.4, 0.5) is 0 Å². The van der Waals surface area contributed by atoms with Gasteiger partial charge in [0, 0.05) is 26.6 Å². The van der Waals surface area contributed by atoms with Gasteiger partial charge in [-0.15, -0.1) is 24.0 Å². The molecule has 7 heteroatoms. The largest absolute Gasteiger partial charge is 0.469 e. The fraction of sp³-hybridized carbons (Fsp3) is 0.600. The van der Waals surface area contributed by atoms with E-state index >= 15 is 0 Å². The third kappa shape index (κ3) is 7.15. The first-order valence-corrected chi connectivity index (χ1v) is 7.26. The molecule has 0 spiro atoms. The number of furan rings is 1. The molecule has 0 aromatic carbocycles. The number of hydrogen-bond donors (Lipinski definition) is 3. The number of carbonyl (C=O) groups excluding carboxylic acids is 1. The third-order valence-corrected chi connectivity index (χ3v) is 3.06. The molecule has 1 amide bonds. The number of hydrogen-bond acceptors (Lipinski definition) is 3. The van der Waals surface area contributed by atoms with E-state index in [4.69, 9.17) is 4.42 Å². The van der Waals surface area contributed by atoms with E-state index in [0.29, 0.717) is 12.5 Å². The summed E-state index contributed by atoms with van der Waals surface area (Å²) in [6.45, 7) is 7.67. The number of carbonyl (C=O) groups is 1. The van der Waals surface area contributed by atoms with Crippen LogP contribution < -0.4 is 16.0 Å². The lowest BCUT2D eigenvalue weighted by Gasteiger charge is -2.21. The maximum atomic E-state index is 11.7. The van der Waals surface area contributed by atoms with E-state index in [1.807, 2.05) is 32.9 Å². The topological polar surface area (TPSA) is 78.7 Å². The van der Waals surface area contributed by atoms with E-state index in [1.165, 1.54) is 0 Å². The summed E-state index contributed by atoms with van der Waals surface area (Å²) in [5.41, 5.74) is -0.530. The van der Waals surface area contributed by atoms with Gasteiger partial charge in [0.2, 0.25) is 5.91 Å². The second-order valence-electron chi connectivity index (χ2n) is 5.41. The van der Waals surface area contributed by atoms with Gasteiger partial charge in [-0.2, -0.15) is 0 Å². The number of nitrogens with one attached hydrogen (secondary N) is 3. The first-order chi connectivity index (χ1) is 9.99. The zero-order valence-corrected chi connectivity index (χ0v) is 16.1. The molecule has 0 unspecified atom stereocenters. The molecule has 0 aliphatic heterocycles. The van der Waals surface area contributed by atoms with Crippen LogP contribution >= 0.6 is 24.0 Å². The molecule has 0 radical (unpaired) electrons. The van der Waals surface area contributed by atoms with Gasteiger partial charge in [-0.05, 0) is 32.9 Å². The third-order valence-electron chi connectivity index (χ3n) is 3.06. The van der Waals surface area contributed by atoms with Crippen LogP contribution in [0.1, 0.15) is 26.5 Å². The maximum Gasteiger partial charge on any atom is 0.227 e. The standard InChI is InChI=1S/C15H26N4O2.HI/c1-5-17-14(18-9-8-12-7-6-10-21-12)19-11-15(2,3)13(20)16-4;/h6-7,10H,5,8-9,11H2,1-4H3,(H,16,20)(H2,17,18,19);1H. The molecule has 1 rings (SSSR count). The minimum atomic E-state index is -0.530. The number of halogens is 1. The van der Waals surface area contributed by atoms with Crippen molar-refractivity contribution >= 4 is 35.8 Å². The fourth-order valence-corrected chi connectivity index (χ4v) is 1.79. The summed E-state index contributed by atoms with van der Waals surface area (Å²) in [6.07, 6.45) is 2.46. The van der Waals surface area contributed by atoms with Gasteiger partial charge in [-0.25, -0.2) is 0 Å². The van der Waals surface area contributed by atoms with E-state index in [2.05, 4.69) is 20.9 Å². The Balaban J connectivity index is 0.00000441. The molecule has 0 bridgehead atoms. The minimum Gasteiger partial charge on any atom is -0.469 e. The summed E-state index contributed by atoms with van der Waals surface area (Å²) in [5.74, 6) is 1.63. The van der Waals surface area contributed by atoms with E-state index in [-0.39, 0.29) is 29.9 Å². The van der Waals surface area contributed by atoms with Crippen LogP contribution in [-0.2, 0) is 11.2 Å². The average molecular weight is 422 g/mol. The molecule has 6 nitrogen and oxygen atoms in total. The normalized spacial score (nSPS) is 11.5. The molecule has 0 atom stereocenters. The van der Waals surface area contributed by atoms with Crippen LogP contribution in [0.3, 0.4) is 0 Å². The first kappa shape index (κ1) is 20.8. The van der Waals surface area contributed by atoms with Gasteiger partial charge in [0.25, 0.3) is 0 Å². The van der Waals surface area contributed by atoms with Crippen molar-refractivity contribution < 1.29 is 9.21 Å². The molecule has 1 aromatic rings. The van der Waals surface area contributed by atoms with Crippen molar-refractivity contribution in [2.24, 2.45) is 10.4 Å². The van der Waals surface area contributed by atoms with Crippen LogP contribution in [0, 0.1) is 5.41 Å². The number of nitrogens with zero attached hydrogens (tertiary/aromatic N) is 1. The van der Waals surface area contributed by atoms with Crippen LogP contribution in [0.15, 0.2) is 27.8 Å². The Kier molecular flexibility index (Phi) is 9.88. The van der Waals surface area contributed by atoms with Gasteiger partial charge >= 0.3 is 0 Å². The summed E-state index contributed by atoms with van der Waals surface area (Å²) >= 11 is 0. The predicted octanol–water partition coefficient (Wildman–Crippen LogP) is 1.77. The lowest BCUT2D eigenvalue weighted by atomic mass is 9.93. The molecule has 0 saturated carbocycles. The molecule has 0 saturated heterocycles. The lowest BCUT2D eigenvalue weighted by molar-refractivity contribution is -0.128. The van der Waals surface area contributed by atoms with Crippen molar-refractivity contribution in [3.05, 3.63) is 24.2 Å². The Morgan fingerprint density at radius 2 is 2.09 bits per heavy atom. The number of aliphatic imine (C=N–C) groups is 1. The second kappa shape index (κ2) is 10.5. The molecule has 0 aliphatic carbocycles. The lowest BCUT2D eigenvalue weighted by Crippen LogP contribution is -2.41. The van der Waals surface area contributed by atoms with Crippen molar-refractivity contribution in [3.63, 3.8) is 0 Å². The number of rotatable bonds is 7. The van der Waals surface area contributed by atoms with Crippen molar-refractivity contribution in [2.75, 3.05) is 26.7 Å². The summed E-state index contributed by atoms with van der Waals surface area (Å²) < 4.78 is 5.28. The van der Waals surface area contributed by atoms with Crippen LogP contribution in [-0.4, -0.2) is 38.5 Å². The Morgan fingerprint density at radius 3 is 2.64 bits per heavy atom. The fourth-order valence-electron chi connectivity index (χ4n) is 1.79. The van der Waals surface area contributed by atoms with Crippen LogP contribution in [0.5, 0.6) is 0 Å². The van der Waals surface area contributed by atoms with Gasteiger partial charge in [0.05, 0.1) is 18.2 Å². The Morgan fingerprint density at radius 1 is 1.36 bits per heavy atom. The Bertz CT molecular complexity index is 458. The van der Waals surface area contributed by atoms with Crippen molar-refractivity contribution in [3.8, 4) is 0 Å². The van der Waals surface area contributed by atoms with Gasteiger partial charge < -0.3 is 20.4 Å². The number of amides is 1. The highest BCUT2D eigenvalue weighted by Gasteiger charge is 2.26. The molecule has 22 heavy (non-hydrogen) atoms. The highest BCUT2D eigenvalue weighted by Crippen LogP contribution is 2.15. The molecule has 1 aromatic heterocycles. The summed E-state index contributed by atoms with van der Waals surface area (Å²) in [5, 5.41) is 9.07. The molecule has 1 heterocycles. The Labute approximate surface area is 149 Å².